The summed E-state index contributed by atoms with van der Waals surface area (Å²) in [7, 11) is 0. The summed E-state index contributed by atoms with van der Waals surface area (Å²) < 4.78 is 55.8. The van der Waals surface area contributed by atoms with E-state index in [2.05, 4.69) is 0 Å². The van der Waals surface area contributed by atoms with Gasteiger partial charge in [0.25, 0.3) is 0 Å². The molecule has 2 unspecified atom stereocenters. The molecule has 0 aliphatic heterocycles. The summed E-state index contributed by atoms with van der Waals surface area (Å²) >= 11 is 12.9. The number of thioether (sulfide) groups is 1. The number of carboxylic acid groups (broad SMARTS) is 1. The zero-order valence-corrected chi connectivity index (χ0v) is 18.3. The second-order valence-electron chi connectivity index (χ2n) is 6.77. The molecule has 0 amide bonds. The summed E-state index contributed by atoms with van der Waals surface area (Å²) in [5.41, 5.74) is 1.61. The first-order valence-electron chi connectivity index (χ1n) is 8.97. The van der Waals surface area contributed by atoms with E-state index in [0.29, 0.717) is 10.6 Å². The van der Waals surface area contributed by atoms with E-state index in [-0.39, 0.29) is 28.5 Å². The van der Waals surface area contributed by atoms with Gasteiger partial charge in [0.05, 0.1) is 0 Å². The highest BCUT2D eigenvalue weighted by Crippen LogP contribution is 2.44. The molecule has 2 atom stereocenters. The first-order valence-corrected chi connectivity index (χ1v) is 10.9. The van der Waals surface area contributed by atoms with Gasteiger partial charge in [-0.25, -0.2) is 4.39 Å². The van der Waals surface area contributed by atoms with E-state index >= 15 is 0 Å². The van der Waals surface area contributed by atoms with Gasteiger partial charge in [-0.05, 0) is 48.1 Å². The Hall–Kier alpha value is -1.52. The van der Waals surface area contributed by atoms with Crippen molar-refractivity contribution >= 4 is 40.9 Å². The molecule has 0 aliphatic rings. The third kappa shape index (κ3) is 6.26. The number of carbonyl (C=O) groups is 1. The number of carboxylic acids is 1. The first kappa shape index (κ1) is 25.7. The Bertz CT molecular complexity index is 945. The Kier molecular flexibility index (Phi) is 8.63. The molecule has 11 heteroatoms. The normalized spacial score (nSPS) is 14.8. The van der Waals surface area contributed by atoms with Crippen LogP contribution in [0.15, 0.2) is 36.4 Å². The zero-order valence-electron chi connectivity index (χ0n) is 15.9. The summed E-state index contributed by atoms with van der Waals surface area (Å²) in [6, 6.07) is 6.31. The monoisotopic (exact) mass is 499 g/mol. The number of halogens is 6. The standard InChI is InChI=1S/C20H19Cl2F4NO3S/c21-12-2-3-13(15(22)10-12)11-1-4-14(16(23)9-11)19(30,20(24,25)26)6-8-31-7-5-17(27)18(28)29/h1-4,9-10,17,30H,5-8,27H2,(H,28,29). The molecule has 4 N–H and O–H groups in total. The van der Waals surface area contributed by atoms with Gasteiger partial charge < -0.3 is 15.9 Å². The highest BCUT2D eigenvalue weighted by molar-refractivity contribution is 7.99. The number of aliphatic carboxylic acids is 1. The Morgan fingerprint density at radius 2 is 1.81 bits per heavy atom. The van der Waals surface area contributed by atoms with Crippen LogP contribution in [-0.4, -0.2) is 39.9 Å². The smallest absolute Gasteiger partial charge is 0.421 e. The van der Waals surface area contributed by atoms with Gasteiger partial charge in [-0.2, -0.15) is 24.9 Å². The lowest BCUT2D eigenvalue weighted by atomic mass is 9.88. The molecule has 2 aromatic carbocycles. The SMILES string of the molecule is NC(CCSCCC(O)(c1ccc(-c2ccc(Cl)cc2Cl)cc1F)C(F)(F)F)C(=O)O. The maximum absolute atomic E-state index is 14.7. The van der Waals surface area contributed by atoms with E-state index in [0.717, 1.165) is 23.9 Å². The predicted molar refractivity (Wildman–Crippen MR) is 114 cm³/mol. The summed E-state index contributed by atoms with van der Waals surface area (Å²) in [6.07, 6.45) is -5.90. The van der Waals surface area contributed by atoms with E-state index in [9.17, 15) is 27.5 Å². The van der Waals surface area contributed by atoms with E-state index in [1.807, 2.05) is 0 Å². The van der Waals surface area contributed by atoms with Gasteiger partial charge in [-0.3, -0.25) is 4.79 Å². The quantitative estimate of drug-likeness (QED) is 0.314. The van der Waals surface area contributed by atoms with Crippen molar-refractivity contribution in [3.63, 3.8) is 0 Å². The minimum Gasteiger partial charge on any atom is -0.480 e. The third-order valence-electron chi connectivity index (χ3n) is 4.62. The molecule has 0 aromatic heterocycles. The highest BCUT2D eigenvalue weighted by Gasteiger charge is 2.55. The van der Waals surface area contributed by atoms with Gasteiger partial charge in [-0.15, -0.1) is 0 Å². The molecule has 170 valence electrons. The van der Waals surface area contributed by atoms with Crippen molar-refractivity contribution in [3.05, 3.63) is 57.8 Å². The lowest BCUT2D eigenvalue weighted by molar-refractivity contribution is -0.268. The number of hydrogen-bond donors (Lipinski definition) is 3. The summed E-state index contributed by atoms with van der Waals surface area (Å²) in [4.78, 5) is 10.7. The van der Waals surface area contributed by atoms with Gasteiger partial charge >= 0.3 is 12.1 Å². The van der Waals surface area contributed by atoms with Crippen LogP contribution in [0, 0.1) is 5.82 Å². The Labute approximate surface area is 190 Å². The van der Waals surface area contributed by atoms with Crippen molar-refractivity contribution in [3.8, 4) is 11.1 Å². The van der Waals surface area contributed by atoms with Crippen molar-refractivity contribution in [2.75, 3.05) is 11.5 Å². The van der Waals surface area contributed by atoms with Gasteiger partial charge in [0.1, 0.15) is 11.9 Å². The van der Waals surface area contributed by atoms with Crippen molar-refractivity contribution in [2.45, 2.75) is 30.7 Å². The molecule has 4 nitrogen and oxygen atoms in total. The molecule has 0 spiro atoms. The van der Waals surface area contributed by atoms with Crippen LogP contribution in [0.25, 0.3) is 11.1 Å². The maximum Gasteiger partial charge on any atom is 0.421 e. The lowest BCUT2D eigenvalue weighted by Gasteiger charge is -2.31. The average molecular weight is 500 g/mol. The van der Waals surface area contributed by atoms with Gasteiger partial charge in [0, 0.05) is 21.2 Å². The molecule has 0 fully saturated rings. The predicted octanol–water partition coefficient (Wildman–Crippen LogP) is 5.47. The van der Waals surface area contributed by atoms with Crippen LogP contribution in [0.5, 0.6) is 0 Å². The van der Waals surface area contributed by atoms with Crippen LogP contribution >= 0.6 is 35.0 Å². The van der Waals surface area contributed by atoms with Crippen molar-refractivity contribution in [1.82, 2.24) is 0 Å². The fourth-order valence-electron chi connectivity index (χ4n) is 2.83. The van der Waals surface area contributed by atoms with Crippen LogP contribution in [0.3, 0.4) is 0 Å². The Morgan fingerprint density at radius 3 is 2.35 bits per heavy atom. The Morgan fingerprint density at radius 1 is 1.13 bits per heavy atom. The minimum atomic E-state index is -5.13. The van der Waals surface area contributed by atoms with Crippen LogP contribution in [0.1, 0.15) is 18.4 Å². The number of aliphatic hydroxyl groups is 1. The topological polar surface area (TPSA) is 83.5 Å². The van der Waals surface area contributed by atoms with E-state index < -0.39 is 41.6 Å². The fourth-order valence-corrected chi connectivity index (χ4v) is 4.41. The van der Waals surface area contributed by atoms with Gasteiger partial charge in [-0.1, -0.05) is 41.4 Å². The average Bonchev–Trinajstić information content (AvgIpc) is 2.66. The van der Waals surface area contributed by atoms with Crippen molar-refractivity contribution < 1.29 is 32.6 Å². The van der Waals surface area contributed by atoms with Crippen LogP contribution < -0.4 is 5.73 Å². The molecule has 0 bridgehead atoms. The van der Waals surface area contributed by atoms with E-state index in [1.165, 1.54) is 24.3 Å². The number of hydrogen-bond acceptors (Lipinski definition) is 4. The molecule has 31 heavy (non-hydrogen) atoms. The van der Waals surface area contributed by atoms with Crippen molar-refractivity contribution in [2.24, 2.45) is 5.73 Å². The molecular weight excluding hydrogens is 481 g/mol. The molecular formula is C20H19Cl2F4NO3S. The molecule has 2 aromatic rings. The van der Waals surface area contributed by atoms with Crippen molar-refractivity contribution in [1.29, 1.82) is 0 Å². The minimum absolute atomic E-state index is 0.0509. The van der Waals surface area contributed by atoms with E-state index in [1.54, 1.807) is 0 Å². The third-order valence-corrected chi connectivity index (χ3v) is 6.19. The van der Waals surface area contributed by atoms with Gasteiger partial charge in [0.2, 0.25) is 0 Å². The highest BCUT2D eigenvalue weighted by atomic mass is 35.5. The lowest BCUT2D eigenvalue weighted by Crippen LogP contribution is -2.43. The molecule has 0 radical (unpaired) electrons. The maximum atomic E-state index is 14.7. The van der Waals surface area contributed by atoms with Crippen LogP contribution in [-0.2, 0) is 10.4 Å². The molecule has 0 saturated carbocycles. The molecule has 2 rings (SSSR count). The summed E-state index contributed by atoms with van der Waals surface area (Å²) in [5, 5.41) is 19.7. The summed E-state index contributed by atoms with van der Waals surface area (Å²) in [5.74, 6) is -2.46. The van der Waals surface area contributed by atoms with Crippen LogP contribution in [0.2, 0.25) is 10.0 Å². The molecule has 0 saturated heterocycles. The first-order chi connectivity index (χ1) is 14.4. The number of benzene rings is 2. The number of alkyl halides is 3. The van der Waals surface area contributed by atoms with E-state index in [4.69, 9.17) is 34.0 Å². The Balaban J connectivity index is 2.22. The fraction of sp³-hybridized carbons (Fsp3) is 0.350. The second-order valence-corrected chi connectivity index (χ2v) is 8.84. The number of rotatable bonds is 9. The van der Waals surface area contributed by atoms with Crippen LogP contribution in [0.4, 0.5) is 17.6 Å². The largest absolute Gasteiger partial charge is 0.480 e. The zero-order chi connectivity index (χ0) is 23.4. The molecule has 0 aliphatic carbocycles. The number of nitrogens with two attached hydrogens (primary N) is 1. The summed E-state index contributed by atoms with van der Waals surface area (Å²) in [6.45, 7) is 0. The second kappa shape index (κ2) is 10.4. The van der Waals surface area contributed by atoms with Gasteiger partial charge in [0.15, 0.2) is 5.60 Å². The molecule has 0 heterocycles.